The Bertz CT molecular complexity index is 457. The number of hydrogen-bond acceptors (Lipinski definition) is 4. The second-order valence-electron chi connectivity index (χ2n) is 5.75. The molecule has 0 saturated heterocycles. The Morgan fingerprint density at radius 2 is 1.85 bits per heavy atom. The van der Waals surface area contributed by atoms with Crippen molar-refractivity contribution in [1.82, 2.24) is 9.97 Å². The lowest BCUT2D eigenvalue weighted by Crippen LogP contribution is -2.36. The SMILES string of the molecule is CCc1nc(Cl)c(C)c(NCC2(O)CCCCCC2)n1. The lowest BCUT2D eigenvalue weighted by Gasteiger charge is -2.27. The summed E-state index contributed by atoms with van der Waals surface area (Å²) in [5.41, 5.74) is 0.230. The van der Waals surface area contributed by atoms with Gasteiger partial charge in [0.2, 0.25) is 0 Å². The lowest BCUT2D eigenvalue weighted by atomic mass is 9.94. The van der Waals surface area contributed by atoms with Crippen LogP contribution in [0, 0.1) is 6.92 Å². The molecule has 1 aromatic heterocycles. The van der Waals surface area contributed by atoms with Crippen molar-refractivity contribution in [3.05, 3.63) is 16.5 Å². The van der Waals surface area contributed by atoms with Gasteiger partial charge in [-0.1, -0.05) is 44.2 Å². The maximum absolute atomic E-state index is 10.7. The van der Waals surface area contributed by atoms with Crippen LogP contribution in [0.2, 0.25) is 5.15 Å². The fraction of sp³-hybridized carbons (Fsp3) is 0.733. The minimum Gasteiger partial charge on any atom is -0.388 e. The molecule has 20 heavy (non-hydrogen) atoms. The Morgan fingerprint density at radius 1 is 1.20 bits per heavy atom. The lowest BCUT2D eigenvalue weighted by molar-refractivity contribution is 0.0380. The highest BCUT2D eigenvalue weighted by Crippen LogP contribution is 2.28. The highest BCUT2D eigenvalue weighted by Gasteiger charge is 2.28. The van der Waals surface area contributed by atoms with E-state index >= 15 is 0 Å². The van der Waals surface area contributed by atoms with E-state index in [9.17, 15) is 5.11 Å². The van der Waals surface area contributed by atoms with Crippen molar-refractivity contribution in [3.63, 3.8) is 0 Å². The van der Waals surface area contributed by atoms with Gasteiger partial charge in [-0.2, -0.15) is 0 Å². The topological polar surface area (TPSA) is 58.0 Å². The fourth-order valence-corrected chi connectivity index (χ4v) is 2.86. The molecule has 112 valence electrons. The third kappa shape index (κ3) is 3.83. The predicted molar refractivity (Wildman–Crippen MR) is 82.3 cm³/mol. The molecule has 0 unspecified atom stereocenters. The van der Waals surface area contributed by atoms with Crippen molar-refractivity contribution in [2.45, 2.75) is 64.4 Å². The van der Waals surface area contributed by atoms with Crippen LogP contribution >= 0.6 is 11.6 Å². The predicted octanol–water partition coefficient (Wildman–Crippen LogP) is 3.50. The summed E-state index contributed by atoms with van der Waals surface area (Å²) in [5, 5.41) is 14.4. The summed E-state index contributed by atoms with van der Waals surface area (Å²) in [7, 11) is 0. The summed E-state index contributed by atoms with van der Waals surface area (Å²) >= 11 is 6.13. The maximum atomic E-state index is 10.7. The minimum atomic E-state index is -0.618. The van der Waals surface area contributed by atoms with Crippen molar-refractivity contribution in [2.24, 2.45) is 0 Å². The van der Waals surface area contributed by atoms with E-state index in [2.05, 4.69) is 15.3 Å². The molecular weight excluding hydrogens is 274 g/mol. The first kappa shape index (κ1) is 15.5. The smallest absolute Gasteiger partial charge is 0.137 e. The van der Waals surface area contributed by atoms with Gasteiger partial charge in [-0.25, -0.2) is 9.97 Å². The Kier molecular flexibility index (Phi) is 5.22. The summed E-state index contributed by atoms with van der Waals surface area (Å²) < 4.78 is 0. The molecule has 5 heteroatoms. The molecular formula is C15H24ClN3O. The molecule has 1 aliphatic rings. The molecule has 0 aromatic carbocycles. The van der Waals surface area contributed by atoms with Gasteiger partial charge < -0.3 is 10.4 Å². The first-order chi connectivity index (χ1) is 9.54. The summed E-state index contributed by atoms with van der Waals surface area (Å²) in [6, 6.07) is 0. The zero-order chi connectivity index (χ0) is 14.6. The molecule has 0 atom stereocenters. The minimum absolute atomic E-state index is 0.493. The van der Waals surface area contributed by atoms with Gasteiger partial charge in [0.1, 0.15) is 16.8 Å². The highest BCUT2D eigenvalue weighted by atomic mass is 35.5. The summed E-state index contributed by atoms with van der Waals surface area (Å²) in [6.45, 7) is 4.44. The van der Waals surface area contributed by atoms with E-state index < -0.39 is 5.60 Å². The van der Waals surface area contributed by atoms with Gasteiger partial charge in [-0.3, -0.25) is 0 Å². The molecule has 1 fully saturated rings. The Morgan fingerprint density at radius 3 is 2.45 bits per heavy atom. The molecule has 0 aliphatic heterocycles. The second kappa shape index (κ2) is 6.72. The normalized spacial score (nSPS) is 18.6. The van der Waals surface area contributed by atoms with Gasteiger partial charge in [-0.05, 0) is 19.8 Å². The van der Waals surface area contributed by atoms with Crippen LogP contribution in [0.15, 0.2) is 0 Å². The van der Waals surface area contributed by atoms with E-state index in [1.54, 1.807) is 0 Å². The van der Waals surface area contributed by atoms with Crippen molar-refractivity contribution in [1.29, 1.82) is 0 Å². The number of nitrogens with one attached hydrogen (secondary N) is 1. The molecule has 1 saturated carbocycles. The Balaban J connectivity index is 2.07. The zero-order valence-electron chi connectivity index (χ0n) is 12.4. The highest BCUT2D eigenvalue weighted by molar-refractivity contribution is 6.30. The van der Waals surface area contributed by atoms with Gasteiger partial charge in [0.25, 0.3) is 0 Å². The van der Waals surface area contributed by atoms with Crippen LogP contribution in [-0.4, -0.2) is 27.2 Å². The average molecular weight is 298 g/mol. The van der Waals surface area contributed by atoms with Gasteiger partial charge in [0.15, 0.2) is 0 Å². The molecule has 0 amide bonds. The maximum Gasteiger partial charge on any atom is 0.137 e. The van der Waals surface area contributed by atoms with Crippen LogP contribution in [0.1, 0.15) is 56.8 Å². The van der Waals surface area contributed by atoms with Crippen molar-refractivity contribution in [3.8, 4) is 0 Å². The van der Waals surface area contributed by atoms with E-state index in [0.717, 1.165) is 49.3 Å². The van der Waals surface area contributed by atoms with E-state index in [1.807, 2.05) is 13.8 Å². The molecule has 0 bridgehead atoms. The first-order valence-corrected chi connectivity index (χ1v) is 7.91. The van der Waals surface area contributed by atoms with Crippen LogP contribution in [0.4, 0.5) is 5.82 Å². The third-order valence-corrected chi connectivity index (χ3v) is 4.44. The van der Waals surface area contributed by atoms with Gasteiger partial charge in [-0.15, -0.1) is 0 Å². The number of aryl methyl sites for hydroxylation is 1. The fourth-order valence-electron chi connectivity index (χ4n) is 2.67. The molecule has 1 heterocycles. The molecule has 2 rings (SSSR count). The molecule has 2 N–H and O–H groups in total. The quantitative estimate of drug-likeness (QED) is 0.660. The van der Waals surface area contributed by atoms with Gasteiger partial charge >= 0.3 is 0 Å². The zero-order valence-corrected chi connectivity index (χ0v) is 13.1. The van der Waals surface area contributed by atoms with E-state index in [-0.39, 0.29) is 0 Å². The number of anilines is 1. The monoisotopic (exact) mass is 297 g/mol. The number of nitrogens with zero attached hydrogens (tertiary/aromatic N) is 2. The summed E-state index contributed by atoms with van der Waals surface area (Å²) in [6.07, 6.45) is 7.11. The Hall–Kier alpha value is -0.870. The summed E-state index contributed by atoms with van der Waals surface area (Å²) in [4.78, 5) is 8.70. The summed E-state index contributed by atoms with van der Waals surface area (Å²) in [5.74, 6) is 1.48. The number of aliphatic hydroxyl groups is 1. The molecule has 0 radical (unpaired) electrons. The molecule has 4 nitrogen and oxygen atoms in total. The van der Waals surface area contributed by atoms with Crippen LogP contribution < -0.4 is 5.32 Å². The van der Waals surface area contributed by atoms with Crippen molar-refractivity contribution >= 4 is 17.4 Å². The van der Waals surface area contributed by atoms with Crippen LogP contribution in [0.25, 0.3) is 0 Å². The largest absolute Gasteiger partial charge is 0.388 e. The first-order valence-electron chi connectivity index (χ1n) is 7.53. The van der Waals surface area contributed by atoms with E-state index in [4.69, 9.17) is 11.6 Å². The number of aromatic nitrogens is 2. The van der Waals surface area contributed by atoms with Crippen molar-refractivity contribution < 1.29 is 5.11 Å². The molecule has 0 spiro atoms. The van der Waals surface area contributed by atoms with Crippen molar-refractivity contribution in [2.75, 3.05) is 11.9 Å². The van der Waals surface area contributed by atoms with Gasteiger partial charge in [0, 0.05) is 18.5 Å². The third-order valence-electron chi connectivity index (χ3n) is 4.07. The number of rotatable bonds is 4. The average Bonchev–Trinajstić information content (AvgIpc) is 2.65. The van der Waals surface area contributed by atoms with E-state index in [1.165, 1.54) is 12.8 Å². The van der Waals surface area contributed by atoms with E-state index in [0.29, 0.717) is 11.7 Å². The Labute approximate surface area is 126 Å². The van der Waals surface area contributed by atoms with Crippen LogP contribution in [0.5, 0.6) is 0 Å². The van der Waals surface area contributed by atoms with Crippen LogP contribution in [-0.2, 0) is 6.42 Å². The second-order valence-corrected chi connectivity index (χ2v) is 6.11. The van der Waals surface area contributed by atoms with Crippen LogP contribution in [0.3, 0.4) is 0 Å². The number of hydrogen-bond donors (Lipinski definition) is 2. The molecule has 1 aromatic rings. The van der Waals surface area contributed by atoms with Gasteiger partial charge in [0.05, 0.1) is 5.60 Å². The standard InChI is InChI=1S/C15H24ClN3O/c1-3-12-18-13(16)11(2)14(19-12)17-10-15(20)8-6-4-5-7-9-15/h20H,3-10H2,1-2H3,(H,17,18,19). The molecule has 1 aliphatic carbocycles. The number of halogens is 1.